The maximum atomic E-state index is 13.6. The minimum Gasteiger partial charge on any atom is -0.468 e. The molecule has 160 valence electrons. The first-order valence-corrected chi connectivity index (χ1v) is 12.5. The van der Waals surface area contributed by atoms with E-state index in [-0.39, 0.29) is 22.3 Å². The van der Waals surface area contributed by atoms with Crippen molar-refractivity contribution in [2.45, 2.75) is 29.2 Å². The lowest BCUT2D eigenvalue weighted by molar-refractivity contribution is 0.245. The minimum atomic E-state index is -3.97. The van der Waals surface area contributed by atoms with Gasteiger partial charge in [0.15, 0.2) is 19.7 Å². The average Bonchev–Trinajstić information content (AvgIpc) is 3.25. The molecule has 1 aromatic carbocycles. The van der Waals surface area contributed by atoms with Crippen LogP contribution >= 0.6 is 0 Å². The number of hydrogen-bond donors (Lipinski definition) is 1. The lowest BCUT2D eigenvalue weighted by Gasteiger charge is -2.26. The third-order valence-corrected chi connectivity index (χ3v) is 9.37. The number of halogens is 1. The van der Waals surface area contributed by atoms with E-state index in [1.807, 2.05) is 25.1 Å². The summed E-state index contributed by atoms with van der Waals surface area (Å²) in [5.41, 5.74) is 0.196. The zero-order valence-corrected chi connectivity index (χ0v) is 18.1. The number of aryl methyl sites for hydroxylation is 1. The normalized spacial score (nSPS) is 22.8. The monoisotopic (exact) mass is 444 g/mol. The van der Waals surface area contributed by atoms with Gasteiger partial charge >= 0.3 is 0 Å². The van der Waals surface area contributed by atoms with Crippen LogP contribution in [0.2, 0.25) is 0 Å². The van der Waals surface area contributed by atoms with Crippen molar-refractivity contribution in [1.29, 1.82) is 0 Å². The summed E-state index contributed by atoms with van der Waals surface area (Å²) in [4.78, 5) is 1.84. The van der Waals surface area contributed by atoms with Crippen molar-refractivity contribution in [3.63, 3.8) is 0 Å². The number of benzene rings is 1. The first kappa shape index (κ1) is 21.9. The van der Waals surface area contributed by atoms with E-state index in [1.165, 1.54) is 19.1 Å². The second-order valence-corrected chi connectivity index (χ2v) is 11.9. The summed E-state index contributed by atoms with van der Waals surface area (Å²) in [5, 5.41) is 1.98. The van der Waals surface area contributed by atoms with Crippen molar-refractivity contribution in [1.82, 2.24) is 10.2 Å². The quantitative estimate of drug-likeness (QED) is 0.648. The Morgan fingerprint density at radius 1 is 1.28 bits per heavy atom. The molecular weight excluding hydrogens is 419 g/mol. The molecular formula is C19H25FN2O5S2. The number of sulfone groups is 2. The van der Waals surface area contributed by atoms with E-state index in [2.05, 4.69) is 5.32 Å². The minimum absolute atomic E-state index is 0.0690. The lowest BCUT2D eigenvalue weighted by atomic mass is 10.2. The number of furan rings is 1. The molecule has 0 amide bonds. The van der Waals surface area contributed by atoms with Gasteiger partial charge in [0.1, 0.15) is 11.6 Å². The zero-order chi connectivity index (χ0) is 21.4. The highest BCUT2D eigenvalue weighted by Crippen LogP contribution is 2.28. The number of likely N-dealkylation sites (N-methyl/N-ethyl adjacent to an activating group) is 1. The Kier molecular flexibility index (Phi) is 6.19. The SMILES string of the molecule is Cc1cc(S(=O)(=O)[C@H]2CS(=O)(=O)C[C@@H]2NCC(c2ccco2)N(C)C)ccc1F. The van der Waals surface area contributed by atoms with E-state index in [1.54, 1.807) is 12.3 Å². The average molecular weight is 445 g/mol. The molecule has 0 radical (unpaired) electrons. The zero-order valence-electron chi connectivity index (χ0n) is 16.5. The Bertz CT molecular complexity index is 1070. The smallest absolute Gasteiger partial charge is 0.183 e. The van der Waals surface area contributed by atoms with Gasteiger partial charge in [-0.2, -0.15) is 0 Å². The molecule has 3 rings (SSSR count). The summed E-state index contributed by atoms with van der Waals surface area (Å²) >= 11 is 0. The largest absolute Gasteiger partial charge is 0.468 e. The fraction of sp³-hybridized carbons (Fsp3) is 0.474. The number of rotatable bonds is 7. The molecule has 2 heterocycles. The first-order valence-electron chi connectivity index (χ1n) is 9.15. The van der Waals surface area contributed by atoms with Crippen LogP contribution in [-0.4, -0.2) is 65.2 Å². The molecule has 1 unspecified atom stereocenters. The van der Waals surface area contributed by atoms with Gasteiger partial charge in [0.05, 0.1) is 34.0 Å². The molecule has 1 N–H and O–H groups in total. The van der Waals surface area contributed by atoms with Gasteiger partial charge in [-0.15, -0.1) is 0 Å². The van der Waals surface area contributed by atoms with Crippen LogP contribution in [0.15, 0.2) is 45.9 Å². The molecule has 0 spiro atoms. The van der Waals surface area contributed by atoms with Gasteiger partial charge in [-0.25, -0.2) is 21.2 Å². The summed E-state index contributed by atoms with van der Waals surface area (Å²) in [7, 11) is -3.78. The Balaban J connectivity index is 1.86. The van der Waals surface area contributed by atoms with E-state index < -0.39 is 42.5 Å². The van der Waals surface area contributed by atoms with Crippen LogP contribution in [0.3, 0.4) is 0 Å². The molecule has 2 aromatic rings. The lowest BCUT2D eigenvalue weighted by Crippen LogP contribution is -2.46. The highest BCUT2D eigenvalue weighted by atomic mass is 32.2. The van der Waals surface area contributed by atoms with Gasteiger partial charge in [-0.05, 0) is 56.9 Å². The van der Waals surface area contributed by atoms with Gasteiger partial charge in [-0.1, -0.05) is 0 Å². The van der Waals surface area contributed by atoms with E-state index in [0.29, 0.717) is 12.3 Å². The fourth-order valence-corrected chi connectivity index (χ4v) is 8.36. The molecule has 1 aliphatic rings. The Morgan fingerprint density at radius 2 is 2.00 bits per heavy atom. The van der Waals surface area contributed by atoms with Crippen LogP contribution in [0.25, 0.3) is 0 Å². The molecule has 1 saturated heterocycles. The summed E-state index contributed by atoms with van der Waals surface area (Å²) < 4.78 is 69.8. The molecule has 0 aliphatic carbocycles. The van der Waals surface area contributed by atoms with E-state index >= 15 is 0 Å². The number of nitrogens with zero attached hydrogens (tertiary/aromatic N) is 1. The predicted molar refractivity (Wildman–Crippen MR) is 108 cm³/mol. The summed E-state index contributed by atoms with van der Waals surface area (Å²) in [6.45, 7) is 1.79. The van der Waals surface area contributed by atoms with Gasteiger partial charge in [0.2, 0.25) is 0 Å². The van der Waals surface area contributed by atoms with E-state index in [0.717, 1.165) is 6.07 Å². The van der Waals surface area contributed by atoms with Crippen molar-refractivity contribution in [3.8, 4) is 0 Å². The Hall–Kier alpha value is -1.75. The third-order valence-electron chi connectivity index (χ3n) is 5.23. The maximum absolute atomic E-state index is 13.6. The maximum Gasteiger partial charge on any atom is 0.183 e. The van der Waals surface area contributed by atoms with Crippen molar-refractivity contribution in [2.24, 2.45) is 0 Å². The van der Waals surface area contributed by atoms with Crippen LogP contribution < -0.4 is 5.32 Å². The number of hydrogen-bond acceptors (Lipinski definition) is 7. The molecule has 29 heavy (non-hydrogen) atoms. The van der Waals surface area contributed by atoms with Gasteiger partial charge in [0, 0.05) is 12.6 Å². The van der Waals surface area contributed by atoms with Crippen molar-refractivity contribution >= 4 is 19.7 Å². The highest BCUT2D eigenvalue weighted by molar-refractivity contribution is 7.96. The van der Waals surface area contributed by atoms with E-state index in [9.17, 15) is 21.2 Å². The summed E-state index contributed by atoms with van der Waals surface area (Å²) in [6, 6.07) is 6.14. The van der Waals surface area contributed by atoms with Crippen molar-refractivity contribution in [2.75, 3.05) is 32.1 Å². The van der Waals surface area contributed by atoms with Crippen LogP contribution in [0.5, 0.6) is 0 Å². The predicted octanol–water partition coefficient (Wildman–Crippen LogP) is 1.56. The number of nitrogens with one attached hydrogen (secondary N) is 1. The summed E-state index contributed by atoms with van der Waals surface area (Å²) in [5.74, 6) is -0.548. The van der Waals surface area contributed by atoms with Gasteiger partial charge in [0.25, 0.3) is 0 Å². The van der Waals surface area contributed by atoms with E-state index in [4.69, 9.17) is 4.42 Å². The molecule has 7 nitrogen and oxygen atoms in total. The molecule has 0 bridgehead atoms. The standard InChI is InChI=1S/C19H25FN2O5S2/c1-13-9-14(6-7-15(13)20)29(25,26)19-12-28(23,24)11-16(19)21-10-17(22(2)3)18-5-4-8-27-18/h4-9,16-17,19,21H,10-12H2,1-3H3/t16-,17?,19-/m0/s1. The fourth-order valence-electron chi connectivity index (χ4n) is 3.56. The Morgan fingerprint density at radius 3 is 2.59 bits per heavy atom. The van der Waals surface area contributed by atoms with Gasteiger partial charge < -0.3 is 9.73 Å². The molecule has 1 aromatic heterocycles. The second-order valence-electron chi connectivity index (χ2n) is 7.58. The van der Waals surface area contributed by atoms with Crippen molar-refractivity contribution < 1.29 is 25.6 Å². The molecule has 10 heteroatoms. The Labute approximate surface area is 170 Å². The summed E-state index contributed by atoms with van der Waals surface area (Å²) in [6.07, 6.45) is 1.55. The topological polar surface area (TPSA) is 96.7 Å². The molecule has 3 atom stereocenters. The second kappa shape index (κ2) is 8.17. The van der Waals surface area contributed by atoms with Gasteiger partial charge in [-0.3, -0.25) is 4.90 Å². The van der Waals surface area contributed by atoms with Crippen molar-refractivity contribution in [3.05, 3.63) is 53.7 Å². The van der Waals surface area contributed by atoms with Crippen LogP contribution in [0, 0.1) is 12.7 Å². The molecule has 1 aliphatic heterocycles. The first-order chi connectivity index (χ1) is 13.5. The molecule has 1 fully saturated rings. The molecule has 0 saturated carbocycles. The third kappa shape index (κ3) is 4.71. The highest BCUT2D eigenvalue weighted by Gasteiger charge is 2.46. The van der Waals surface area contributed by atoms with Crippen LogP contribution in [-0.2, 0) is 19.7 Å². The van der Waals surface area contributed by atoms with Crippen LogP contribution in [0.1, 0.15) is 17.4 Å². The van der Waals surface area contributed by atoms with Crippen LogP contribution in [0.4, 0.5) is 4.39 Å².